The number of aryl methyl sites for hydroxylation is 1. The van der Waals surface area contributed by atoms with Gasteiger partial charge in [-0.15, -0.1) is 0 Å². The molecule has 1 saturated carbocycles. The fraction of sp³-hybridized carbons (Fsp3) is 0.467. The van der Waals surface area contributed by atoms with Gasteiger partial charge in [-0.1, -0.05) is 6.07 Å². The Kier molecular flexibility index (Phi) is 4.67. The molecule has 6 heteroatoms. The van der Waals surface area contributed by atoms with Crippen LogP contribution in [-0.2, 0) is 4.79 Å². The molecule has 0 saturated heterocycles. The number of methoxy groups -OCH3 is 1. The van der Waals surface area contributed by atoms with Gasteiger partial charge in [0.25, 0.3) is 0 Å². The molecule has 0 bridgehead atoms. The largest absolute Gasteiger partial charge is 0.495 e. The Hall–Kier alpha value is -2.24. The molecule has 1 aliphatic rings. The minimum absolute atomic E-state index is 0.0525. The van der Waals surface area contributed by atoms with Gasteiger partial charge in [-0.05, 0) is 43.4 Å². The van der Waals surface area contributed by atoms with Gasteiger partial charge in [0.1, 0.15) is 5.75 Å². The lowest BCUT2D eigenvalue weighted by Gasteiger charge is -2.18. The number of carboxylic acid groups (broad SMARTS) is 1. The zero-order chi connectivity index (χ0) is 15.4. The van der Waals surface area contributed by atoms with Crippen molar-refractivity contribution in [1.82, 2.24) is 5.32 Å². The van der Waals surface area contributed by atoms with Crippen molar-refractivity contribution in [3.8, 4) is 5.75 Å². The van der Waals surface area contributed by atoms with Gasteiger partial charge in [0, 0.05) is 6.04 Å². The molecular weight excluding hydrogens is 272 g/mol. The number of rotatable bonds is 6. The van der Waals surface area contributed by atoms with E-state index >= 15 is 0 Å². The lowest BCUT2D eigenvalue weighted by Crippen LogP contribution is -2.40. The van der Waals surface area contributed by atoms with Crippen LogP contribution < -0.4 is 15.4 Å². The molecule has 6 nitrogen and oxygen atoms in total. The lowest BCUT2D eigenvalue weighted by molar-refractivity contribution is -0.137. The third kappa shape index (κ3) is 4.37. The van der Waals surface area contributed by atoms with Crippen LogP contribution in [0.15, 0.2) is 18.2 Å². The van der Waals surface area contributed by atoms with E-state index in [1.54, 1.807) is 6.07 Å². The van der Waals surface area contributed by atoms with Crippen molar-refractivity contribution in [2.24, 2.45) is 5.92 Å². The molecule has 2 rings (SSSR count). The van der Waals surface area contributed by atoms with Crippen molar-refractivity contribution >= 4 is 17.7 Å². The Morgan fingerprint density at radius 2 is 2.14 bits per heavy atom. The van der Waals surface area contributed by atoms with Gasteiger partial charge in [0.15, 0.2) is 0 Å². The monoisotopic (exact) mass is 292 g/mol. The number of aliphatic carboxylic acids is 1. The molecule has 1 atom stereocenters. The molecule has 2 amide bonds. The minimum atomic E-state index is -0.902. The summed E-state index contributed by atoms with van der Waals surface area (Å²) in [6.07, 6.45) is 1.88. The fourth-order valence-electron chi connectivity index (χ4n) is 2.27. The number of carboxylic acids is 1. The van der Waals surface area contributed by atoms with Gasteiger partial charge in [0.05, 0.1) is 19.2 Å². The highest BCUT2D eigenvalue weighted by Gasteiger charge is 2.33. The van der Waals surface area contributed by atoms with E-state index in [9.17, 15) is 9.59 Å². The van der Waals surface area contributed by atoms with Gasteiger partial charge >= 0.3 is 12.0 Å². The molecule has 1 aliphatic carbocycles. The number of carbonyl (C=O) groups is 2. The van der Waals surface area contributed by atoms with Crippen molar-refractivity contribution in [3.05, 3.63) is 23.8 Å². The van der Waals surface area contributed by atoms with Gasteiger partial charge in [-0.25, -0.2) is 4.79 Å². The SMILES string of the molecule is COc1ccc(C)cc1NC(=O)NC(CC(=O)O)C1CC1. The summed E-state index contributed by atoms with van der Waals surface area (Å²) in [4.78, 5) is 22.9. The standard InChI is InChI=1S/C15H20N2O4/c1-9-3-6-13(21-2)12(7-9)17-15(20)16-11(8-14(18)19)10-4-5-10/h3,6-7,10-11H,4-5,8H2,1-2H3,(H,18,19)(H2,16,17,20). The maximum absolute atomic E-state index is 12.0. The molecule has 3 N–H and O–H groups in total. The van der Waals surface area contributed by atoms with Crippen LogP contribution in [0.2, 0.25) is 0 Å². The predicted octanol–water partition coefficient (Wildman–Crippen LogP) is 2.38. The number of carbonyl (C=O) groups excluding carboxylic acids is 1. The van der Waals surface area contributed by atoms with E-state index in [4.69, 9.17) is 9.84 Å². The van der Waals surface area contributed by atoms with Crippen molar-refractivity contribution in [2.45, 2.75) is 32.2 Å². The number of anilines is 1. The zero-order valence-electron chi connectivity index (χ0n) is 12.2. The van der Waals surface area contributed by atoms with Crippen LogP contribution in [0.25, 0.3) is 0 Å². The highest BCUT2D eigenvalue weighted by atomic mass is 16.5. The zero-order valence-corrected chi connectivity index (χ0v) is 12.2. The molecule has 1 aromatic carbocycles. The Labute approximate surface area is 123 Å². The first kappa shape index (κ1) is 15.2. The van der Waals surface area contributed by atoms with Crippen molar-refractivity contribution < 1.29 is 19.4 Å². The Balaban J connectivity index is 2.00. The van der Waals surface area contributed by atoms with Crippen LogP contribution in [0.1, 0.15) is 24.8 Å². The summed E-state index contributed by atoms with van der Waals surface area (Å²) in [5, 5.41) is 14.4. The van der Waals surface area contributed by atoms with Crippen molar-refractivity contribution in [3.63, 3.8) is 0 Å². The van der Waals surface area contributed by atoms with E-state index in [1.165, 1.54) is 7.11 Å². The summed E-state index contributed by atoms with van der Waals surface area (Å²) >= 11 is 0. The summed E-state index contributed by atoms with van der Waals surface area (Å²) in [6.45, 7) is 1.92. The number of urea groups is 1. The quantitative estimate of drug-likeness (QED) is 0.751. The van der Waals surface area contributed by atoms with Crippen molar-refractivity contribution in [2.75, 3.05) is 12.4 Å². The number of benzene rings is 1. The van der Waals surface area contributed by atoms with Crippen molar-refractivity contribution in [1.29, 1.82) is 0 Å². The van der Waals surface area contributed by atoms with Gasteiger partial charge in [-0.3, -0.25) is 4.79 Å². The molecule has 0 aliphatic heterocycles. The number of hydrogen-bond acceptors (Lipinski definition) is 3. The van der Waals surface area contributed by atoms with Crippen LogP contribution in [0.4, 0.5) is 10.5 Å². The summed E-state index contributed by atoms with van der Waals surface area (Å²) in [7, 11) is 1.53. The summed E-state index contributed by atoms with van der Waals surface area (Å²) in [6, 6.07) is 4.75. The summed E-state index contributed by atoms with van der Waals surface area (Å²) < 4.78 is 5.19. The third-order valence-corrected chi connectivity index (χ3v) is 3.51. The molecule has 1 aromatic rings. The van der Waals surface area contributed by atoms with E-state index in [-0.39, 0.29) is 18.4 Å². The lowest BCUT2D eigenvalue weighted by atomic mass is 10.1. The molecule has 0 heterocycles. The van der Waals surface area contributed by atoms with E-state index in [0.29, 0.717) is 11.4 Å². The minimum Gasteiger partial charge on any atom is -0.495 e. The van der Waals surface area contributed by atoms with E-state index in [0.717, 1.165) is 18.4 Å². The second-order valence-corrected chi connectivity index (χ2v) is 5.34. The first-order valence-electron chi connectivity index (χ1n) is 6.93. The molecule has 21 heavy (non-hydrogen) atoms. The smallest absolute Gasteiger partial charge is 0.319 e. The van der Waals surface area contributed by atoms with Crippen LogP contribution in [0.5, 0.6) is 5.75 Å². The number of hydrogen-bond donors (Lipinski definition) is 3. The second kappa shape index (κ2) is 6.47. The highest BCUT2D eigenvalue weighted by molar-refractivity contribution is 5.91. The van der Waals surface area contributed by atoms with Gasteiger partial charge in [-0.2, -0.15) is 0 Å². The van der Waals surface area contributed by atoms with Crippen LogP contribution in [-0.4, -0.2) is 30.3 Å². The molecule has 1 unspecified atom stereocenters. The molecular formula is C15H20N2O4. The number of ether oxygens (including phenoxy) is 1. The summed E-state index contributed by atoms with van der Waals surface area (Å²) in [5.74, 6) is -0.0662. The maximum Gasteiger partial charge on any atom is 0.319 e. The Bertz CT molecular complexity index is 540. The average Bonchev–Trinajstić information content (AvgIpc) is 3.21. The van der Waals surface area contributed by atoms with E-state index in [2.05, 4.69) is 10.6 Å². The third-order valence-electron chi connectivity index (χ3n) is 3.51. The van der Waals surface area contributed by atoms with Crippen LogP contribution >= 0.6 is 0 Å². The number of amides is 2. The molecule has 0 spiro atoms. The topological polar surface area (TPSA) is 87.7 Å². The van der Waals surface area contributed by atoms with Crippen LogP contribution in [0.3, 0.4) is 0 Å². The fourth-order valence-corrected chi connectivity index (χ4v) is 2.27. The predicted molar refractivity (Wildman–Crippen MR) is 78.7 cm³/mol. The van der Waals surface area contributed by atoms with E-state index in [1.807, 2.05) is 19.1 Å². The van der Waals surface area contributed by atoms with Gasteiger partial charge in [0.2, 0.25) is 0 Å². The second-order valence-electron chi connectivity index (χ2n) is 5.34. The first-order chi connectivity index (χ1) is 9.99. The Morgan fingerprint density at radius 3 is 2.71 bits per heavy atom. The maximum atomic E-state index is 12.0. The highest BCUT2D eigenvalue weighted by Crippen LogP contribution is 2.34. The van der Waals surface area contributed by atoms with Crippen LogP contribution in [0, 0.1) is 12.8 Å². The molecule has 1 fully saturated rings. The normalized spacial score (nSPS) is 15.1. The number of nitrogens with one attached hydrogen (secondary N) is 2. The first-order valence-corrected chi connectivity index (χ1v) is 6.93. The molecule has 0 radical (unpaired) electrons. The molecule has 114 valence electrons. The average molecular weight is 292 g/mol. The van der Waals surface area contributed by atoms with Gasteiger partial charge < -0.3 is 20.5 Å². The van der Waals surface area contributed by atoms with E-state index < -0.39 is 12.0 Å². The summed E-state index contributed by atoms with van der Waals surface area (Å²) in [5.41, 5.74) is 1.57. The molecule has 0 aromatic heterocycles. The Morgan fingerprint density at radius 1 is 1.43 bits per heavy atom.